The molecule has 0 spiro atoms. The molecule has 2 aliphatic rings. The Hall–Kier alpha value is -1.17. The predicted octanol–water partition coefficient (Wildman–Crippen LogP) is 2.17. The van der Waals surface area contributed by atoms with Gasteiger partial charge in [0.25, 0.3) is 0 Å². The first-order chi connectivity index (χ1) is 7.68. The van der Waals surface area contributed by atoms with Gasteiger partial charge in [-0.1, -0.05) is 0 Å². The molecule has 0 aromatic rings. The van der Waals surface area contributed by atoms with Crippen LogP contribution in [0.2, 0.25) is 0 Å². The molecule has 16 heavy (non-hydrogen) atoms. The Morgan fingerprint density at radius 1 is 1.44 bits per heavy atom. The van der Waals surface area contributed by atoms with Crippen LogP contribution in [0.4, 0.5) is 4.79 Å². The maximum absolute atomic E-state index is 11.3. The Bertz CT molecular complexity index is 327. The lowest BCUT2D eigenvalue weighted by atomic mass is 10.2. The van der Waals surface area contributed by atoms with Crippen molar-refractivity contribution in [3.05, 3.63) is 0 Å². The third kappa shape index (κ3) is 2.69. The van der Waals surface area contributed by atoms with Crippen molar-refractivity contribution in [1.82, 2.24) is 5.32 Å². The Morgan fingerprint density at radius 2 is 2.25 bits per heavy atom. The predicted molar refractivity (Wildman–Crippen MR) is 61.7 cm³/mol. The van der Waals surface area contributed by atoms with Crippen molar-refractivity contribution >= 4 is 6.09 Å². The molecule has 2 aliphatic carbocycles. The first-order valence-electron chi connectivity index (χ1n) is 6.07. The third-order valence-electron chi connectivity index (χ3n) is 3.39. The summed E-state index contributed by atoms with van der Waals surface area (Å²) in [6.07, 6.45) is 2.89. The maximum atomic E-state index is 11.3. The lowest BCUT2D eigenvalue weighted by Crippen LogP contribution is -2.31. The zero-order valence-electron chi connectivity index (χ0n) is 9.95. The summed E-state index contributed by atoms with van der Waals surface area (Å²) in [4.78, 5) is 11.3. The number of hydrogen-bond acceptors (Lipinski definition) is 2. The molecule has 0 aromatic carbocycles. The van der Waals surface area contributed by atoms with E-state index in [0.29, 0.717) is 18.4 Å². The highest BCUT2D eigenvalue weighted by molar-refractivity contribution is 5.67. The summed E-state index contributed by atoms with van der Waals surface area (Å²) in [5.74, 6) is 8.31. The quantitative estimate of drug-likeness (QED) is 0.742. The van der Waals surface area contributed by atoms with Crippen LogP contribution in [0.15, 0.2) is 0 Å². The molecule has 0 bridgehead atoms. The maximum Gasteiger partial charge on any atom is 0.407 e. The molecular formula is C13H19NO2. The van der Waals surface area contributed by atoms with E-state index in [9.17, 15) is 4.79 Å². The van der Waals surface area contributed by atoms with Gasteiger partial charge in [0, 0.05) is 24.8 Å². The van der Waals surface area contributed by atoms with Gasteiger partial charge in [0.2, 0.25) is 0 Å². The minimum Gasteiger partial charge on any atom is -0.449 e. The van der Waals surface area contributed by atoms with Crippen LogP contribution in [-0.2, 0) is 4.74 Å². The average molecular weight is 221 g/mol. The number of ether oxygens (including phenoxy) is 1. The Balaban J connectivity index is 1.69. The van der Waals surface area contributed by atoms with Crippen LogP contribution in [0.1, 0.15) is 33.1 Å². The van der Waals surface area contributed by atoms with Crippen LogP contribution in [0.25, 0.3) is 0 Å². The van der Waals surface area contributed by atoms with Gasteiger partial charge in [0.1, 0.15) is 0 Å². The zero-order valence-corrected chi connectivity index (χ0v) is 9.95. The number of carbonyl (C=O) groups excluding carboxylic acids is 1. The fourth-order valence-corrected chi connectivity index (χ4v) is 2.47. The van der Waals surface area contributed by atoms with Gasteiger partial charge in [0.05, 0.1) is 6.61 Å². The van der Waals surface area contributed by atoms with E-state index >= 15 is 0 Å². The standard InChI is InChI=1S/C13H19NO2/c1-9(2)14-13(15)16-8-12-10-6-4-3-5-7-11(10)12/h9-12H,4,6-8H2,1-2H3,(H,14,15). The highest BCUT2D eigenvalue weighted by Crippen LogP contribution is 2.52. The molecular weight excluding hydrogens is 202 g/mol. The van der Waals surface area contributed by atoms with E-state index in [-0.39, 0.29) is 12.1 Å². The molecule has 0 radical (unpaired) electrons. The van der Waals surface area contributed by atoms with E-state index in [1.165, 1.54) is 6.42 Å². The Labute approximate surface area is 96.9 Å². The van der Waals surface area contributed by atoms with Crippen molar-refractivity contribution in [3.8, 4) is 11.8 Å². The fraction of sp³-hybridized carbons (Fsp3) is 0.769. The molecule has 1 amide bonds. The van der Waals surface area contributed by atoms with Crippen LogP contribution < -0.4 is 5.32 Å². The number of hydrogen-bond donors (Lipinski definition) is 1. The number of carbonyl (C=O) groups is 1. The molecule has 1 saturated carbocycles. The molecule has 0 heterocycles. The van der Waals surface area contributed by atoms with Crippen molar-refractivity contribution in [2.75, 3.05) is 6.61 Å². The molecule has 3 atom stereocenters. The van der Waals surface area contributed by atoms with Gasteiger partial charge < -0.3 is 10.1 Å². The van der Waals surface area contributed by atoms with Crippen LogP contribution in [0, 0.1) is 29.6 Å². The van der Waals surface area contributed by atoms with Crippen LogP contribution >= 0.6 is 0 Å². The summed E-state index contributed by atoms with van der Waals surface area (Å²) in [5, 5.41) is 2.73. The van der Waals surface area contributed by atoms with Gasteiger partial charge in [-0.2, -0.15) is 0 Å². The molecule has 0 aromatic heterocycles. The Morgan fingerprint density at radius 3 is 3.00 bits per heavy atom. The first kappa shape index (κ1) is 11.3. The molecule has 0 saturated heterocycles. The molecule has 3 unspecified atom stereocenters. The van der Waals surface area contributed by atoms with Crippen LogP contribution in [-0.4, -0.2) is 18.7 Å². The lowest BCUT2D eigenvalue weighted by molar-refractivity contribution is 0.135. The Kier molecular flexibility index (Phi) is 3.38. The molecule has 0 aliphatic heterocycles. The highest BCUT2D eigenvalue weighted by Gasteiger charge is 2.49. The summed E-state index contributed by atoms with van der Waals surface area (Å²) < 4.78 is 5.21. The van der Waals surface area contributed by atoms with Crippen molar-refractivity contribution in [1.29, 1.82) is 0 Å². The molecule has 3 nitrogen and oxygen atoms in total. The van der Waals surface area contributed by atoms with Gasteiger partial charge >= 0.3 is 6.09 Å². The largest absolute Gasteiger partial charge is 0.449 e. The molecule has 2 rings (SSSR count). The minimum atomic E-state index is -0.289. The zero-order chi connectivity index (χ0) is 11.5. The van der Waals surface area contributed by atoms with E-state index < -0.39 is 0 Å². The SMILES string of the molecule is CC(C)NC(=O)OCC1C2CC#CCCC21. The number of alkyl carbamates (subject to hydrolysis) is 1. The van der Waals surface area contributed by atoms with Gasteiger partial charge in [0.15, 0.2) is 0 Å². The smallest absolute Gasteiger partial charge is 0.407 e. The van der Waals surface area contributed by atoms with Gasteiger partial charge in [-0.3, -0.25) is 0 Å². The van der Waals surface area contributed by atoms with E-state index in [0.717, 1.165) is 18.8 Å². The molecule has 1 N–H and O–H groups in total. The minimum absolute atomic E-state index is 0.142. The topological polar surface area (TPSA) is 38.3 Å². The summed E-state index contributed by atoms with van der Waals surface area (Å²) in [5.41, 5.74) is 0. The summed E-state index contributed by atoms with van der Waals surface area (Å²) in [6.45, 7) is 4.42. The van der Waals surface area contributed by atoms with Gasteiger partial charge in [-0.15, -0.1) is 11.8 Å². The van der Waals surface area contributed by atoms with Crippen molar-refractivity contribution in [2.45, 2.75) is 39.2 Å². The number of nitrogens with one attached hydrogen (secondary N) is 1. The normalized spacial score (nSPS) is 30.8. The van der Waals surface area contributed by atoms with Gasteiger partial charge in [-0.25, -0.2) is 4.79 Å². The fourth-order valence-electron chi connectivity index (χ4n) is 2.47. The monoisotopic (exact) mass is 221 g/mol. The average Bonchev–Trinajstić information content (AvgIpc) is 2.88. The highest BCUT2D eigenvalue weighted by atomic mass is 16.5. The van der Waals surface area contributed by atoms with E-state index in [4.69, 9.17) is 4.74 Å². The van der Waals surface area contributed by atoms with Crippen molar-refractivity contribution < 1.29 is 9.53 Å². The van der Waals surface area contributed by atoms with E-state index in [2.05, 4.69) is 17.2 Å². The van der Waals surface area contributed by atoms with E-state index in [1.54, 1.807) is 0 Å². The molecule has 3 heteroatoms. The molecule has 88 valence electrons. The second kappa shape index (κ2) is 4.78. The second-order valence-electron chi connectivity index (χ2n) is 4.99. The number of amides is 1. The van der Waals surface area contributed by atoms with Crippen LogP contribution in [0.3, 0.4) is 0 Å². The lowest BCUT2D eigenvalue weighted by Gasteiger charge is -2.09. The summed E-state index contributed by atoms with van der Waals surface area (Å²) in [7, 11) is 0. The van der Waals surface area contributed by atoms with Gasteiger partial charge in [-0.05, 0) is 32.1 Å². The number of rotatable bonds is 3. The first-order valence-corrected chi connectivity index (χ1v) is 6.07. The number of fused-ring (bicyclic) bond motifs is 1. The summed E-state index contributed by atoms with van der Waals surface area (Å²) in [6, 6.07) is 0.142. The van der Waals surface area contributed by atoms with Crippen LogP contribution in [0.5, 0.6) is 0 Å². The third-order valence-corrected chi connectivity index (χ3v) is 3.39. The summed E-state index contributed by atoms with van der Waals surface area (Å²) >= 11 is 0. The second-order valence-corrected chi connectivity index (χ2v) is 4.99. The molecule has 1 fully saturated rings. The van der Waals surface area contributed by atoms with E-state index in [1.807, 2.05) is 13.8 Å². The van der Waals surface area contributed by atoms with Crippen molar-refractivity contribution in [3.63, 3.8) is 0 Å². The van der Waals surface area contributed by atoms with Crippen molar-refractivity contribution in [2.24, 2.45) is 17.8 Å².